The van der Waals surface area contributed by atoms with Crippen molar-refractivity contribution in [3.8, 4) is 17.2 Å². The van der Waals surface area contributed by atoms with E-state index in [0.29, 0.717) is 23.3 Å². The molecule has 7 heteroatoms. The number of thioether (sulfide) groups is 1. The lowest BCUT2D eigenvalue weighted by atomic mass is 10.1. The normalized spacial score (nSPS) is 12.0. The number of halogens is 1. The van der Waals surface area contributed by atoms with Crippen molar-refractivity contribution in [1.29, 1.82) is 0 Å². The number of nitrogens with zero attached hydrogens (tertiary/aromatic N) is 2. The first kappa shape index (κ1) is 18.7. The summed E-state index contributed by atoms with van der Waals surface area (Å²) in [5.41, 5.74) is 1.44. The molecule has 0 spiro atoms. The van der Waals surface area contributed by atoms with Crippen LogP contribution in [0, 0.1) is 0 Å². The molecular weight excluding hydrogens is 416 g/mol. The molecule has 26 heavy (non-hydrogen) atoms. The van der Waals surface area contributed by atoms with Crippen molar-refractivity contribution in [2.45, 2.75) is 24.3 Å². The SMILES string of the molecule is CCOc1ccc(C(=O)C(C)Sc2nnc(-c3ccccc3Br)o2)cc1. The topological polar surface area (TPSA) is 65.2 Å². The lowest BCUT2D eigenvalue weighted by molar-refractivity contribution is 0.0993. The molecule has 0 aliphatic carbocycles. The minimum absolute atomic E-state index is 0.00121. The monoisotopic (exact) mass is 432 g/mol. The molecule has 2 aromatic carbocycles. The van der Waals surface area contributed by atoms with E-state index in [1.165, 1.54) is 11.8 Å². The Morgan fingerprint density at radius 2 is 1.92 bits per heavy atom. The molecule has 0 amide bonds. The van der Waals surface area contributed by atoms with Gasteiger partial charge in [-0.1, -0.05) is 23.9 Å². The van der Waals surface area contributed by atoms with E-state index >= 15 is 0 Å². The number of hydrogen-bond donors (Lipinski definition) is 0. The van der Waals surface area contributed by atoms with E-state index in [9.17, 15) is 4.79 Å². The summed E-state index contributed by atoms with van der Waals surface area (Å²) in [4.78, 5) is 12.6. The first-order valence-corrected chi connectivity index (χ1v) is 9.78. The first-order chi connectivity index (χ1) is 12.6. The average Bonchev–Trinajstić information content (AvgIpc) is 3.10. The lowest BCUT2D eigenvalue weighted by Gasteiger charge is -2.08. The summed E-state index contributed by atoms with van der Waals surface area (Å²) in [5, 5.41) is 8.13. The summed E-state index contributed by atoms with van der Waals surface area (Å²) in [7, 11) is 0. The molecule has 0 saturated heterocycles. The summed E-state index contributed by atoms with van der Waals surface area (Å²) < 4.78 is 12.0. The largest absolute Gasteiger partial charge is 0.494 e. The Bertz CT molecular complexity index is 896. The van der Waals surface area contributed by atoms with Crippen LogP contribution in [0.3, 0.4) is 0 Å². The van der Waals surface area contributed by atoms with Gasteiger partial charge in [0.25, 0.3) is 5.22 Å². The molecule has 0 bridgehead atoms. The zero-order chi connectivity index (χ0) is 18.5. The third-order valence-electron chi connectivity index (χ3n) is 3.61. The quantitative estimate of drug-likeness (QED) is 0.374. The maximum absolute atomic E-state index is 12.6. The fourth-order valence-corrected chi connectivity index (χ4v) is 3.54. The lowest BCUT2D eigenvalue weighted by Crippen LogP contribution is -2.13. The van der Waals surface area contributed by atoms with Crippen LogP contribution in [-0.4, -0.2) is 27.8 Å². The Balaban J connectivity index is 1.69. The Morgan fingerprint density at radius 3 is 2.62 bits per heavy atom. The highest BCUT2D eigenvalue weighted by atomic mass is 79.9. The van der Waals surface area contributed by atoms with Gasteiger partial charge in [-0.15, -0.1) is 10.2 Å². The molecular formula is C19H17BrN2O3S. The molecule has 0 fully saturated rings. The zero-order valence-corrected chi connectivity index (χ0v) is 16.7. The third kappa shape index (κ3) is 4.34. The van der Waals surface area contributed by atoms with E-state index in [2.05, 4.69) is 26.1 Å². The van der Waals surface area contributed by atoms with E-state index in [1.807, 2.05) is 38.1 Å². The number of ketones is 1. The summed E-state index contributed by atoms with van der Waals surface area (Å²) in [5.74, 6) is 1.17. The van der Waals surface area contributed by atoms with Crippen LogP contribution in [0.1, 0.15) is 24.2 Å². The fourth-order valence-electron chi connectivity index (χ4n) is 2.32. The van der Waals surface area contributed by atoms with Crippen molar-refractivity contribution in [2.75, 3.05) is 6.61 Å². The first-order valence-electron chi connectivity index (χ1n) is 8.10. The molecule has 5 nitrogen and oxygen atoms in total. The molecule has 1 aromatic heterocycles. The molecule has 3 aromatic rings. The molecule has 1 heterocycles. The Morgan fingerprint density at radius 1 is 1.19 bits per heavy atom. The second kappa shape index (κ2) is 8.51. The number of carbonyl (C=O) groups is 1. The molecule has 1 atom stereocenters. The number of ether oxygens (including phenoxy) is 1. The number of rotatable bonds is 7. The van der Waals surface area contributed by atoms with Gasteiger partial charge in [0.15, 0.2) is 5.78 Å². The number of benzene rings is 2. The van der Waals surface area contributed by atoms with Crippen molar-refractivity contribution < 1.29 is 13.9 Å². The third-order valence-corrected chi connectivity index (χ3v) is 5.23. The van der Waals surface area contributed by atoms with Crippen LogP contribution in [-0.2, 0) is 0 Å². The predicted molar refractivity (Wildman–Crippen MR) is 105 cm³/mol. The van der Waals surface area contributed by atoms with Gasteiger partial charge in [-0.05, 0) is 66.2 Å². The van der Waals surface area contributed by atoms with Crippen molar-refractivity contribution in [3.05, 3.63) is 58.6 Å². The van der Waals surface area contributed by atoms with Crippen LogP contribution in [0.2, 0.25) is 0 Å². The van der Waals surface area contributed by atoms with Crippen molar-refractivity contribution >= 4 is 33.5 Å². The van der Waals surface area contributed by atoms with E-state index in [-0.39, 0.29) is 11.0 Å². The summed E-state index contributed by atoms with van der Waals surface area (Å²) in [6, 6.07) is 14.7. The Labute approximate surface area is 164 Å². The molecule has 0 aliphatic rings. The highest BCUT2D eigenvalue weighted by molar-refractivity contribution is 9.10. The maximum atomic E-state index is 12.6. The standard InChI is InChI=1S/C19H17BrN2O3S/c1-3-24-14-10-8-13(9-11-14)17(23)12(2)26-19-22-21-18(25-19)15-6-4-5-7-16(15)20/h4-12H,3H2,1-2H3. The van der Waals surface area contributed by atoms with Gasteiger partial charge >= 0.3 is 0 Å². The van der Waals surface area contributed by atoms with Crippen molar-refractivity contribution in [3.63, 3.8) is 0 Å². The van der Waals surface area contributed by atoms with Crippen LogP contribution in [0.4, 0.5) is 0 Å². The number of carbonyl (C=O) groups excluding carboxylic acids is 1. The van der Waals surface area contributed by atoms with E-state index in [4.69, 9.17) is 9.15 Å². The van der Waals surface area contributed by atoms with Gasteiger partial charge in [0.05, 0.1) is 17.4 Å². The second-order valence-corrected chi connectivity index (χ2v) is 7.58. The van der Waals surface area contributed by atoms with E-state index < -0.39 is 0 Å². The summed E-state index contributed by atoms with van der Waals surface area (Å²) in [6.45, 7) is 4.34. The Kier molecular flexibility index (Phi) is 6.11. The van der Waals surface area contributed by atoms with Crippen LogP contribution in [0.5, 0.6) is 5.75 Å². The Hall–Kier alpha value is -2.12. The molecule has 0 radical (unpaired) electrons. The number of hydrogen-bond acceptors (Lipinski definition) is 6. The van der Waals surface area contributed by atoms with Gasteiger partial charge in [0.2, 0.25) is 5.89 Å². The smallest absolute Gasteiger partial charge is 0.277 e. The molecule has 1 unspecified atom stereocenters. The van der Waals surface area contributed by atoms with E-state index in [0.717, 1.165) is 15.8 Å². The van der Waals surface area contributed by atoms with Gasteiger partial charge in [-0.25, -0.2) is 0 Å². The van der Waals surface area contributed by atoms with E-state index in [1.54, 1.807) is 24.3 Å². The highest BCUT2D eigenvalue weighted by Crippen LogP contribution is 2.31. The van der Waals surface area contributed by atoms with Gasteiger partial charge in [-0.2, -0.15) is 0 Å². The number of aromatic nitrogens is 2. The minimum Gasteiger partial charge on any atom is -0.494 e. The highest BCUT2D eigenvalue weighted by Gasteiger charge is 2.20. The average molecular weight is 433 g/mol. The van der Waals surface area contributed by atoms with Gasteiger partial charge in [0.1, 0.15) is 5.75 Å². The zero-order valence-electron chi connectivity index (χ0n) is 14.3. The summed E-state index contributed by atoms with van der Waals surface area (Å²) >= 11 is 4.71. The summed E-state index contributed by atoms with van der Waals surface area (Å²) in [6.07, 6.45) is 0. The van der Waals surface area contributed by atoms with Crippen LogP contribution in [0.15, 0.2) is 62.6 Å². The molecule has 0 N–H and O–H groups in total. The van der Waals surface area contributed by atoms with Crippen LogP contribution in [0.25, 0.3) is 11.5 Å². The van der Waals surface area contributed by atoms with Crippen LogP contribution < -0.4 is 4.74 Å². The molecule has 3 rings (SSSR count). The molecule has 0 saturated carbocycles. The van der Waals surface area contributed by atoms with Gasteiger partial charge in [0, 0.05) is 10.0 Å². The predicted octanol–water partition coefficient (Wildman–Crippen LogP) is 5.26. The fraction of sp³-hybridized carbons (Fsp3) is 0.211. The van der Waals surface area contributed by atoms with Gasteiger partial charge < -0.3 is 9.15 Å². The van der Waals surface area contributed by atoms with Crippen LogP contribution >= 0.6 is 27.7 Å². The molecule has 0 aliphatic heterocycles. The second-order valence-electron chi connectivity index (χ2n) is 5.43. The van der Waals surface area contributed by atoms with Crippen molar-refractivity contribution in [2.24, 2.45) is 0 Å². The van der Waals surface area contributed by atoms with Gasteiger partial charge in [-0.3, -0.25) is 4.79 Å². The number of Topliss-reactive ketones (excluding diaryl/α,β-unsaturated/α-hetero) is 1. The van der Waals surface area contributed by atoms with Crippen molar-refractivity contribution in [1.82, 2.24) is 10.2 Å². The minimum atomic E-state index is -0.347. The molecule has 134 valence electrons. The maximum Gasteiger partial charge on any atom is 0.277 e.